The quantitative estimate of drug-likeness (QED) is 0.920. The van der Waals surface area contributed by atoms with Gasteiger partial charge in [0, 0.05) is 15.8 Å². The van der Waals surface area contributed by atoms with Crippen molar-refractivity contribution in [3.05, 3.63) is 50.4 Å². The van der Waals surface area contributed by atoms with Gasteiger partial charge in [0.25, 0.3) is 0 Å². The molecule has 0 radical (unpaired) electrons. The van der Waals surface area contributed by atoms with E-state index in [1.807, 2.05) is 11.4 Å². The van der Waals surface area contributed by atoms with Crippen molar-refractivity contribution in [2.24, 2.45) is 0 Å². The first-order valence-corrected chi connectivity index (χ1v) is 7.02. The Morgan fingerprint density at radius 1 is 1.44 bits per heavy atom. The Bertz CT molecular complexity index is 542. The first-order valence-electron chi connectivity index (χ1n) is 5.35. The second-order valence-electron chi connectivity index (χ2n) is 3.81. The maximum Gasteiger partial charge on any atom is 0.165 e. The number of aliphatic hydroxyl groups is 1. The van der Waals surface area contributed by atoms with Gasteiger partial charge in [-0.3, -0.25) is 0 Å². The Morgan fingerprint density at radius 2 is 2.22 bits per heavy atom. The molecule has 0 spiro atoms. The van der Waals surface area contributed by atoms with Crippen LogP contribution in [0.25, 0.3) is 0 Å². The summed E-state index contributed by atoms with van der Waals surface area (Å²) in [5.41, 5.74) is 0.647. The number of thiophene rings is 1. The van der Waals surface area contributed by atoms with E-state index in [0.29, 0.717) is 12.0 Å². The molecule has 0 fully saturated rings. The molecule has 1 heterocycles. The lowest BCUT2D eigenvalue weighted by Gasteiger charge is -2.12. The maximum atomic E-state index is 13.3. The molecule has 0 aliphatic carbocycles. The molecule has 0 saturated carbocycles. The number of methoxy groups -OCH3 is 1. The van der Waals surface area contributed by atoms with Crippen LogP contribution in [0.15, 0.2) is 34.1 Å². The molecule has 0 aliphatic heterocycles. The molecule has 0 aliphatic rings. The minimum absolute atomic E-state index is 0.150. The van der Waals surface area contributed by atoms with Crippen LogP contribution in [0.5, 0.6) is 5.75 Å². The summed E-state index contributed by atoms with van der Waals surface area (Å²) in [5, 5.41) is 12.1. The zero-order valence-electron chi connectivity index (χ0n) is 9.69. The predicted octanol–water partition coefficient (Wildman–Crippen LogP) is 3.93. The van der Waals surface area contributed by atoms with Gasteiger partial charge in [-0.2, -0.15) is 0 Å². The van der Waals surface area contributed by atoms with Gasteiger partial charge in [-0.15, -0.1) is 11.3 Å². The van der Waals surface area contributed by atoms with Crippen molar-refractivity contribution in [1.29, 1.82) is 0 Å². The Labute approximate surface area is 117 Å². The van der Waals surface area contributed by atoms with Crippen molar-refractivity contribution in [3.63, 3.8) is 0 Å². The lowest BCUT2D eigenvalue weighted by atomic mass is 10.1. The summed E-state index contributed by atoms with van der Waals surface area (Å²) >= 11 is 5.00. The molecule has 1 aromatic heterocycles. The molecular weight excluding hydrogens is 319 g/mol. The van der Waals surface area contributed by atoms with Crippen molar-refractivity contribution in [3.8, 4) is 5.75 Å². The zero-order chi connectivity index (χ0) is 13.1. The average molecular weight is 331 g/mol. The monoisotopic (exact) mass is 330 g/mol. The van der Waals surface area contributed by atoms with Crippen LogP contribution in [0, 0.1) is 5.82 Å². The maximum absolute atomic E-state index is 13.3. The predicted molar refractivity (Wildman–Crippen MR) is 73.6 cm³/mol. The van der Waals surface area contributed by atoms with Crippen molar-refractivity contribution < 1.29 is 14.2 Å². The summed E-state index contributed by atoms with van der Waals surface area (Å²) in [6, 6.07) is 6.35. The zero-order valence-corrected chi connectivity index (χ0v) is 12.1. The number of hydrogen-bond acceptors (Lipinski definition) is 3. The van der Waals surface area contributed by atoms with Crippen LogP contribution in [0.4, 0.5) is 4.39 Å². The number of ether oxygens (including phenoxy) is 1. The third-order valence-corrected chi connectivity index (χ3v) is 4.58. The Hall–Kier alpha value is -0.910. The summed E-state index contributed by atoms with van der Waals surface area (Å²) in [4.78, 5) is 1.06. The Kier molecular flexibility index (Phi) is 4.37. The third kappa shape index (κ3) is 2.91. The largest absolute Gasteiger partial charge is 0.494 e. The first-order chi connectivity index (χ1) is 8.61. The van der Waals surface area contributed by atoms with E-state index < -0.39 is 11.9 Å². The van der Waals surface area contributed by atoms with Gasteiger partial charge in [0.1, 0.15) is 0 Å². The van der Waals surface area contributed by atoms with Gasteiger partial charge in [-0.05, 0) is 45.1 Å². The molecule has 96 valence electrons. The van der Waals surface area contributed by atoms with Crippen LogP contribution in [0.1, 0.15) is 16.5 Å². The molecule has 1 N–H and O–H groups in total. The number of aliphatic hydroxyl groups excluding tert-OH is 1. The van der Waals surface area contributed by atoms with Gasteiger partial charge in [0.05, 0.1) is 13.2 Å². The van der Waals surface area contributed by atoms with Gasteiger partial charge in [-0.25, -0.2) is 4.39 Å². The average Bonchev–Trinajstić information content (AvgIpc) is 2.75. The highest BCUT2D eigenvalue weighted by atomic mass is 79.9. The molecule has 1 aromatic carbocycles. The minimum atomic E-state index is -0.672. The second-order valence-corrected chi connectivity index (χ2v) is 5.66. The van der Waals surface area contributed by atoms with Crippen LogP contribution in [-0.4, -0.2) is 12.2 Å². The molecule has 2 rings (SSSR count). The Balaban J connectivity index is 2.18. The summed E-state index contributed by atoms with van der Waals surface area (Å²) < 4.78 is 19.2. The molecular formula is C13H12BrFO2S. The van der Waals surface area contributed by atoms with Crippen LogP contribution in [0.3, 0.4) is 0 Å². The van der Waals surface area contributed by atoms with E-state index in [9.17, 15) is 9.50 Å². The van der Waals surface area contributed by atoms with Crippen molar-refractivity contribution in [2.75, 3.05) is 7.11 Å². The molecule has 0 bridgehead atoms. The van der Waals surface area contributed by atoms with E-state index >= 15 is 0 Å². The second kappa shape index (κ2) is 5.82. The number of rotatable bonds is 4. The fourth-order valence-corrected chi connectivity index (χ4v) is 3.20. The van der Waals surface area contributed by atoms with Crippen molar-refractivity contribution in [2.45, 2.75) is 12.5 Å². The van der Waals surface area contributed by atoms with E-state index in [1.54, 1.807) is 17.4 Å². The van der Waals surface area contributed by atoms with E-state index in [0.717, 1.165) is 9.35 Å². The molecule has 2 nitrogen and oxygen atoms in total. The topological polar surface area (TPSA) is 29.5 Å². The lowest BCUT2D eigenvalue weighted by Crippen LogP contribution is -2.02. The van der Waals surface area contributed by atoms with Crippen LogP contribution >= 0.6 is 27.3 Å². The van der Waals surface area contributed by atoms with Gasteiger partial charge in [0.2, 0.25) is 0 Å². The summed E-state index contributed by atoms with van der Waals surface area (Å²) in [7, 11) is 1.41. The number of halogens is 2. The third-order valence-electron chi connectivity index (χ3n) is 2.63. The molecule has 0 saturated heterocycles. The number of benzene rings is 1. The van der Waals surface area contributed by atoms with E-state index in [-0.39, 0.29) is 5.75 Å². The van der Waals surface area contributed by atoms with Crippen molar-refractivity contribution >= 4 is 27.3 Å². The standard InChI is InChI=1S/C13H12BrFO2S/c1-17-12-6-8(2-3-10(12)15)11(16)7-13-9(14)4-5-18-13/h2-6,11,16H,7H2,1H3. The number of hydrogen-bond donors (Lipinski definition) is 1. The molecule has 18 heavy (non-hydrogen) atoms. The van der Waals surface area contributed by atoms with Gasteiger partial charge < -0.3 is 9.84 Å². The summed E-state index contributed by atoms with van der Waals surface area (Å²) in [6.07, 6.45) is -0.179. The van der Waals surface area contributed by atoms with Crippen LogP contribution in [-0.2, 0) is 6.42 Å². The summed E-state index contributed by atoms with van der Waals surface area (Å²) in [5.74, 6) is -0.275. The highest BCUT2D eigenvalue weighted by Gasteiger charge is 2.14. The van der Waals surface area contributed by atoms with Crippen molar-refractivity contribution in [1.82, 2.24) is 0 Å². The van der Waals surface area contributed by atoms with E-state index in [1.165, 1.54) is 19.2 Å². The SMILES string of the molecule is COc1cc(C(O)Cc2sccc2Br)ccc1F. The lowest BCUT2D eigenvalue weighted by molar-refractivity contribution is 0.178. The minimum Gasteiger partial charge on any atom is -0.494 e. The fraction of sp³-hybridized carbons (Fsp3) is 0.231. The summed E-state index contributed by atoms with van der Waals surface area (Å²) in [6.45, 7) is 0. The van der Waals surface area contributed by atoms with Gasteiger partial charge in [0.15, 0.2) is 11.6 Å². The molecule has 0 amide bonds. The smallest absolute Gasteiger partial charge is 0.165 e. The molecule has 1 atom stereocenters. The Morgan fingerprint density at radius 3 is 2.83 bits per heavy atom. The van der Waals surface area contributed by atoms with Gasteiger partial charge >= 0.3 is 0 Å². The first kappa shape index (κ1) is 13.5. The van der Waals surface area contributed by atoms with E-state index in [4.69, 9.17) is 4.74 Å². The van der Waals surface area contributed by atoms with Gasteiger partial charge in [-0.1, -0.05) is 6.07 Å². The molecule has 1 unspecified atom stereocenters. The van der Waals surface area contributed by atoms with Crippen LogP contribution in [0.2, 0.25) is 0 Å². The highest BCUT2D eigenvalue weighted by Crippen LogP contribution is 2.30. The normalized spacial score (nSPS) is 12.4. The van der Waals surface area contributed by atoms with Crippen LogP contribution < -0.4 is 4.74 Å². The highest BCUT2D eigenvalue weighted by molar-refractivity contribution is 9.10. The molecule has 5 heteroatoms. The van der Waals surface area contributed by atoms with E-state index in [2.05, 4.69) is 15.9 Å². The fourth-order valence-electron chi connectivity index (χ4n) is 1.65. The molecule has 2 aromatic rings.